The second-order valence-electron chi connectivity index (χ2n) is 16.6. The molecule has 356 valence electrons. The molecule has 0 heterocycles. The van der Waals surface area contributed by atoms with E-state index < -0.39 is 51.1 Å². The van der Waals surface area contributed by atoms with E-state index in [2.05, 4.69) is 18.4 Å². The maximum Gasteiger partial charge on any atom is 0.472 e. The van der Waals surface area contributed by atoms with Crippen molar-refractivity contribution in [2.75, 3.05) is 19.8 Å². The number of phosphoric acid groups is 1. The number of nitrogens with two attached hydrogens (primary N) is 1. The van der Waals surface area contributed by atoms with Crippen molar-refractivity contribution < 1.29 is 52.3 Å². The van der Waals surface area contributed by atoms with Crippen molar-refractivity contribution in [2.45, 2.75) is 238 Å². The summed E-state index contributed by atoms with van der Waals surface area (Å²) in [6, 6.07) is -1.53. The van der Waals surface area contributed by atoms with Gasteiger partial charge in [0.25, 0.3) is 0 Å². The van der Waals surface area contributed by atoms with Crippen LogP contribution in [-0.4, -0.2) is 65.7 Å². The third kappa shape index (κ3) is 42.7. The van der Waals surface area contributed by atoms with Gasteiger partial charge in [-0.05, 0) is 38.2 Å². The molecule has 12 nitrogen and oxygen atoms in total. The van der Waals surface area contributed by atoms with Gasteiger partial charge in [0.2, 0.25) is 0 Å². The highest BCUT2D eigenvalue weighted by molar-refractivity contribution is 7.47. The number of aliphatic carboxylic acids is 1. The van der Waals surface area contributed by atoms with Crippen LogP contribution in [0.15, 0.2) is 24.3 Å². The Bertz CT molecular complexity index is 1190. The van der Waals surface area contributed by atoms with Gasteiger partial charge >= 0.3 is 25.7 Å². The molecule has 0 rings (SSSR count). The summed E-state index contributed by atoms with van der Waals surface area (Å²) in [6.45, 7) is 2.64. The monoisotopic (exact) mass is 886 g/mol. The van der Waals surface area contributed by atoms with Crippen LogP contribution in [0.2, 0.25) is 0 Å². The van der Waals surface area contributed by atoms with Crippen LogP contribution < -0.4 is 5.73 Å². The number of carboxylic acids is 1. The van der Waals surface area contributed by atoms with Crippen molar-refractivity contribution in [3.63, 3.8) is 0 Å². The molecule has 61 heavy (non-hydrogen) atoms. The zero-order valence-electron chi connectivity index (χ0n) is 38.5. The third-order valence-corrected chi connectivity index (χ3v) is 11.6. The molecule has 0 fully saturated rings. The van der Waals surface area contributed by atoms with E-state index in [4.69, 9.17) is 24.8 Å². The highest BCUT2D eigenvalue weighted by atomic mass is 31.2. The van der Waals surface area contributed by atoms with Gasteiger partial charge in [0, 0.05) is 19.3 Å². The molecular weight excluding hydrogens is 797 g/mol. The summed E-state index contributed by atoms with van der Waals surface area (Å²) < 4.78 is 32.7. The molecule has 13 heteroatoms. The molecule has 1 unspecified atom stereocenters. The fourth-order valence-corrected chi connectivity index (χ4v) is 7.59. The largest absolute Gasteiger partial charge is 0.480 e. The second kappa shape index (κ2) is 42.9. The molecule has 4 N–H and O–H groups in total. The Hall–Kier alpha value is -2.37. The summed E-state index contributed by atoms with van der Waals surface area (Å²) in [5.74, 6) is -2.28. The highest BCUT2D eigenvalue weighted by Crippen LogP contribution is 2.43. The normalized spacial score (nSPS) is 13.7. The predicted molar refractivity (Wildman–Crippen MR) is 245 cm³/mol. The van der Waals surface area contributed by atoms with Crippen LogP contribution in [0, 0.1) is 0 Å². The number of carboxylic acid groups (broad SMARTS) is 1. The first-order chi connectivity index (χ1) is 29.5. The van der Waals surface area contributed by atoms with Crippen LogP contribution in [0.3, 0.4) is 0 Å². The number of rotatable bonds is 46. The summed E-state index contributed by atoms with van der Waals surface area (Å²) in [4.78, 5) is 57.8. The first-order valence-corrected chi connectivity index (χ1v) is 25.8. The average Bonchev–Trinajstić information content (AvgIpc) is 3.23. The number of hydrogen-bond donors (Lipinski definition) is 3. The van der Waals surface area contributed by atoms with Gasteiger partial charge in [-0.3, -0.25) is 28.2 Å². The minimum Gasteiger partial charge on any atom is -0.480 e. The van der Waals surface area contributed by atoms with Gasteiger partial charge in [0.15, 0.2) is 11.9 Å². The number of allylic oxidation sites excluding steroid dienone is 4. The predicted octanol–water partition coefficient (Wildman–Crippen LogP) is 12.6. The number of ketones is 1. The molecule has 0 aliphatic rings. The van der Waals surface area contributed by atoms with Crippen molar-refractivity contribution in [3.05, 3.63) is 24.3 Å². The lowest BCUT2D eigenvalue weighted by Crippen LogP contribution is -2.34. The van der Waals surface area contributed by atoms with E-state index in [0.29, 0.717) is 19.3 Å². The highest BCUT2D eigenvalue weighted by Gasteiger charge is 2.28. The first kappa shape index (κ1) is 58.6. The van der Waals surface area contributed by atoms with E-state index in [1.165, 1.54) is 109 Å². The Morgan fingerprint density at radius 2 is 0.951 bits per heavy atom. The number of esters is 2. The van der Waals surface area contributed by atoms with Crippen LogP contribution in [-0.2, 0) is 42.3 Å². The van der Waals surface area contributed by atoms with E-state index >= 15 is 0 Å². The molecule has 0 bridgehead atoms. The molecule has 0 aromatic carbocycles. The molecule has 0 radical (unpaired) electrons. The van der Waals surface area contributed by atoms with Gasteiger partial charge in [-0.15, -0.1) is 0 Å². The van der Waals surface area contributed by atoms with E-state index in [9.17, 15) is 28.6 Å². The number of unbranched alkanes of at least 4 members (excludes halogenated alkanes) is 27. The van der Waals surface area contributed by atoms with Crippen molar-refractivity contribution in [3.8, 4) is 0 Å². The smallest absolute Gasteiger partial charge is 0.472 e. The molecule has 0 aliphatic heterocycles. The maximum absolute atomic E-state index is 12.6. The van der Waals surface area contributed by atoms with Gasteiger partial charge < -0.3 is 25.2 Å². The Balaban J connectivity index is 4.28. The number of hydrogen-bond acceptors (Lipinski definition) is 10. The fourth-order valence-electron chi connectivity index (χ4n) is 6.81. The van der Waals surface area contributed by atoms with Crippen LogP contribution >= 0.6 is 7.82 Å². The number of phosphoric ester groups is 1. The molecule has 3 atom stereocenters. The van der Waals surface area contributed by atoms with Crippen molar-refractivity contribution in [1.29, 1.82) is 0 Å². The van der Waals surface area contributed by atoms with E-state index in [0.717, 1.165) is 70.6 Å². The van der Waals surface area contributed by atoms with Crippen molar-refractivity contribution >= 4 is 31.5 Å². The minimum atomic E-state index is -4.74. The summed E-state index contributed by atoms with van der Waals surface area (Å²) in [7, 11) is -4.74. The molecule has 0 aromatic heterocycles. The molecular formula is C48H88NO11P. The van der Waals surface area contributed by atoms with E-state index in [1.807, 2.05) is 12.2 Å². The third-order valence-electron chi connectivity index (χ3n) is 10.7. The number of carbonyl (C=O) groups is 4. The summed E-state index contributed by atoms with van der Waals surface area (Å²) in [6.07, 6.45) is 42.3. The summed E-state index contributed by atoms with van der Waals surface area (Å²) in [5.41, 5.74) is 5.34. The molecule has 0 amide bonds. The standard InChI is InChI=1S/C48H88NO11P/c1-3-5-7-8-9-10-11-12-13-14-15-16-17-18-19-20-21-24-27-30-34-38-46(51)57-40-44(41-58-61(55,56)59-42-45(49)48(53)54)60-47(52)39-35-31-28-25-22-23-26-29-33-37-43(50)36-32-6-4-2/h26,29,33,37,44-45H,3-25,27-28,30-32,34-36,38-42,49H2,1-2H3,(H,53,54)(H,55,56)/b29-26-,37-33+/t44-,45+/m1/s1. The second-order valence-corrected chi connectivity index (χ2v) is 18.1. The Morgan fingerprint density at radius 3 is 1.44 bits per heavy atom. The Labute approximate surface area is 370 Å². The SMILES string of the molecule is CCCCCCCCCCCCCCCCCCCCCCCC(=O)OC[C@H](COP(=O)(O)OC[C@H](N)C(=O)O)OC(=O)CCCCCCC/C=C\C=C\C(=O)CCCCC. The molecule has 0 aromatic rings. The van der Waals surface area contributed by atoms with E-state index in [-0.39, 0.29) is 25.2 Å². The molecule has 0 saturated carbocycles. The lowest BCUT2D eigenvalue weighted by Gasteiger charge is -2.20. The van der Waals surface area contributed by atoms with Crippen LogP contribution in [0.25, 0.3) is 0 Å². The summed E-state index contributed by atoms with van der Waals surface area (Å²) >= 11 is 0. The van der Waals surface area contributed by atoms with Crippen molar-refractivity contribution in [1.82, 2.24) is 0 Å². The van der Waals surface area contributed by atoms with Gasteiger partial charge in [0.05, 0.1) is 13.2 Å². The molecule has 0 saturated heterocycles. The average molecular weight is 886 g/mol. The van der Waals surface area contributed by atoms with Gasteiger partial charge in [0.1, 0.15) is 12.6 Å². The number of carbonyl (C=O) groups excluding carboxylic acids is 3. The minimum absolute atomic E-state index is 0.113. The quantitative estimate of drug-likeness (QED) is 0.0173. The van der Waals surface area contributed by atoms with Crippen molar-refractivity contribution in [2.24, 2.45) is 5.73 Å². The first-order valence-electron chi connectivity index (χ1n) is 24.3. The summed E-state index contributed by atoms with van der Waals surface area (Å²) in [5, 5.41) is 8.90. The topological polar surface area (TPSA) is 189 Å². The molecule has 0 aliphatic carbocycles. The van der Waals surface area contributed by atoms with Gasteiger partial charge in [-0.1, -0.05) is 193 Å². The van der Waals surface area contributed by atoms with Crippen LogP contribution in [0.4, 0.5) is 0 Å². The van der Waals surface area contributed by atoms with E-state index in [1.54, 1.807) is 12.2 Å². The lowest BCUT2D eigenvalue weighted by molar-refractivity contribution is -0.161. The zero-order valence-corrected chi connectivity index (χ0v) is 39.4. The van der Waals surface area contributed by atoms with Gasteiger partial charge in [-0.25, -0.2) is 4.57 Å². The molecule has 0 spiro atoms. The van der Waals surface area contributed by atoms with Crippen LogP contribution in [0.1, 0.15) is 226 Å². The Kier molecular flexibility index (Phi) is 41.2. The Morgan fingerprint density at radius 1 is 0.541 bits per heavy atom. The zero-order chi connectivity index (χ0) is 45.1. The number of ether oxygens (including phenoxy) is 2. The maximum atomic E-state index is 12.6. The fraction of sp³-hybridized carbons (Fsp3) is 0.833. The lowest BCUT2D eigenvalue weighted by atomic mass is 10.0. The van der Waals surface area contributed by atoms with Crippen LogP contribution in [0.5, 0.6) is 0 Å². The van der Waals surface area contributed by atoms with Gasteiger partial charge in [-0.2, -0.15) is 0 Å².